The van der Waals surface area contributed by atoms with Crippen LogP contribution in [-0.4, -0.2) is 53.9 Å². The summed E-state index contributed by atoms with van der Waals surface area (Å²) < 4.78 is 4.78. The molecule has 7 atom stereocenters. The van der Waals surface area contributed by atoms with Crippen LogP contribution in [0, 0.1) is 46.3 Å². The second kappa shape index (κ2) is 11.3. The standard InChI is InChI=1S/C30H44N4O5/c1-5-30(37)16-13-23-21-10-9-19-17-20(11-14-28(19,2)22(21)12-15-29(23,30)3)34-39-18-26(35)33-24(27(36)38-4)7-6-8-25(31)32/h1,17,21-24,37H,6-16,18H2,2-4H3,(H3,31,32)(H,33,35)/b34-20+/t21-,22+,23+,24+,28+,29+,30-/m1/s1. The summed E-state index contributed by atoms with van der Waals surface area (Å²) in [6.07, 6.45) is 16.7. The van der Waals surface area contributed by atoms with E-state index >= 15 is 0 Å². The number of amidine groups is 1. The molecule has 3 fully saturated rings. The number of allylic oxidation sites excluding steroid dienone is 2. The van der Waals surface area contributed by atoms with Gasteiger partial charge in [0, 0.05) is 11.8 Å². The van der Waals surface area contributed by atoms with Gasteiger partial charge in [0.05, 0.1) is 18.7 Å². The molecule has 0 aromatic carbocycles. The third kappa shape index (κ3) is 5.45. The third-order valence-electron chi connectivity index (χ3n) is 10.5. The van der Waals surface area contributed by atoms with Crippen molar-refractivity contribution in [1.29, 1.82) is 5.41 Å². The number of carbonyl (C=O) groups excluding carboxylic acids is 2. The van der Waals surface area contributed by atoms with E-state index in [1.165, 1.54) is 12.7 Å². The number of methoxy groups -OCH3 is 1. The van der Waals surface area contributed by atoms with E-state index < -0.39 is 23.5 Å². The van der Waals surface area contributed by atoms with E-state index in [0.29, 0.717) is 43.4 Å². The van der Waals surface area contributed by atoms with Gasteiger partial charge >= 0.3 is 5.97 Å². The average molecular weight is 541 g/mol. The zero-order valence-electron chi connectivity index (χ0n) is 23.6. The van der Waals surface area contributed by atoms with Crippen LogP contribution >= 0.6 is 0 Å². The molecule has 3 saturated carbocycles. The number of nitrogens with two attached hydrogens (primary N) is 1. The normalized spacial score (nSPS) is 36.8. The fourth-order valence-corrected chi connectivity index (χ4v) is 8.19. The number of nitrogens with zero attached hydrogens (tertiary/aromatic N) is 1. The van der Waals surface area contributed by atoms with Crippen LogP contribution in [0.15, 0.2) is 16.8 Å². The van der Waals surface area contributed by atoms with Crippen LogP contribution in [0.3, 0.4) is 0 Å². The molecule has 0 heterocycles. The summed E-state index contributed by atoms with van der Waals surface area (Å²) >= 11 is 0. The Hall–Kier alpha value is -2.86. The Balaban J connectivity index is 1.35. The van der Waals surface area contributed by atoms with E-state index in [2.05, 4.69) is 36.3 Å². The minimum Gasteiger partial charge on any atom is -0.467 e. The minimum atomic E-state index is -0.985. The quantitative estimate of drug-likeness (QED) is 0.116. The molecular formula is C30H44N4O5. The molecule has 39 heavy (non-hydrogen) atoms. The van der Waals surface area contributed by atoms with E-state index in [-0.39, 0.29) is 23.3 Å². The van der Waals surface area contributed by atoms with Gasteiger partial charge in [-0.1, -0.05) is 30.5 Å². The number of terminal acetylenes is 1. The van der Waals surface area contributed by atoms with Crippen LogP contribution in [-0.2, 0) is 19.2 Å². The van der Waals surface area contributed by atoms with Crippen molar-refractivity contribution >= 4 is 23.4 Å². The first-order valence-electron chi connectivity index (χ1n) is 14.3. The van der Waals surface area contributed by atoms with Gasteiger partial charge in [0.2, 0.25) is 0 Å². The smallest absolute Gasteiger partial charge is 0.328 e. The molecule has 4 aliphatic carbocycles. The summed E-state index contributed by atoms with van der Waals surface area (Å²) in [5.74, 6) is 3.39. The first kappa shape index (κ1) is 29.1. The SMILES string of the molecule is C#C[C@@]1(O)CC[C@H]2[C@@H]3CCC4=C/C(=N/OCC(=O)N[C@@H](CCCC(=N)N)C(=O)OC)CC[C@]4(C)[C@H]3CC[C@@]21C. The molecular weight excluding hydrogens is 496 g/mol. The van der Waals surface area contributed by atoms with Crippen molar-refractivity contribution < 1.29 is 24.3 Å². The predicted octanol–water partition coefficient (Wildman–Crippen LogP) is 3.45. The van der Waals surface area contributed by atoms with Crippen LogP contribution < -0.4 is 11.1 Å². The number of esters is 1. The van der Waals surface area contributed by atoms with Gasteiger partial charge in [-0.05, 0) is 93.5 Å². The van der Waals surface area contributed by atoms with Gasteiger partial charge < -0.3 is 25.7 Å². The number of amides is 1. The Morgan fingerprint density at radius 3 is 2.69 bits per heavy atom. The van der Waals surface area contributed by atoms with Gasteiger partial charge in [0.25, 0.3) is 5.91 Å². The van der Waals surface area contributed by atoms with Crippen molar-refractivity contribution in [3.05, 3.63) is 11.6 Å². The molecule has 0 unspecified atom stereocenters. The summed E-state index contributed by atoms with van der Waals surface area (Å²) in [7, 11) is 1.27. The Bertz CT molecular complexity index is 1100. The van der Waals surface area contributed by atoms with E-state index in [4.69, 9.17) is 27.1 Å². The second-order valence-corrected chi connectivity index (χ2v) is 12.4. The van der Waals surface area contributed by atoms with Crippen molar-refractivity contribution in [2.75, 3.05) is 13.7 Å². The number of nitrogens with one attached hydrogen (secondary N) is 2. The minimum absolute atomic E-state index is 0.0341. The lowest BCUT2D eigenvalue weighted by atomic mass is 9.46. The molecule has 4 aliphatic rings. The highest BCUT2D eigenvalue weighted by Crippen LogP contribution is 2.67. The molecule has 9 heteroatoms. The first-order valence-corrected chi connectivity index (χ1v) is 14.3. The lowest BCUT2D eigenvalue weighted by molar-refractivity contribution is -0.145. The van der Waals surface area contributed by atoms with Gasteiger partial charge in [-0.2, -0.15) is 0 Å². The summed E-state index contributed by atoms with van der Waals surface area (Å²) in [5.41, 5.74) is 6.54. The summed E-state index contributed by atoms with van der Waals surface area (Å²) in [4.78, 5) is 29.8. The highest BCUT2D eigenvalue weighted by atomic mass is 16.6. The van der Waals surface area contributed by atoms with Crippen molar-refractivity contribution in [2.45, 2.75) is 96.1 Å². The number of ether oxygens (including phenoxy) is 1. The largest absolute Gasteiger partial charge is 0.467 e. The maximum absolute atomic E-state index is 12.4. The topological polar surface area (TPSA) is 147 Å². The molecule has 0 aliphatic heterocycles. The molecule has 4 rings (SSSR count). The van der Waals surface area contributed by atoms with E-state index in [9.17, 15) is 14.7 Å². The molecule has 9 nitrogen and oxygen atoms in total. The molecule has 0 spiro atoms. The monoisotopic (exact) mass is 540 g/mol. The van der Waals surface area contributed by atoms with Crippen LogP contribution in [0.25, 0.3) is 0 Å². The highest BCUT2D eigenvalue weighted by Gasteiger charge is 2.63. The van der Waals surface area contributed by atoms with Crippen molar-refractivity contribution in [3.63, 3.8) is 0 Å². The summed E-state index contributed by atoms with van der Waals surface area (Å²) in [6.45, 7) is 4.31. The Morgan fingerprint density at radius 1 is 1.26 bits per heavy atom. The highest BCUT2D eigenvalue weighted by molar-refractivity contribution is 5.96. The molecule has 214 valence electrons. The van der Waals surface area contributed by atoms with Crippen LogP contribution in [0.5, 0.6) is 0 Å². The predicted molar refractivity (Wildman–Crippen MR) is 149 cm³/mol. The summed E-state index contributed by atoms with van der Waals surface area (Å²) in [5, 5.41) is 25.4. The number of aliphatic hydroxyl groups is 1. The number of carbonyl (C=O) groups is 2. The lowest BCUT2D eigenvalue weighted by Crippen LogP contribution is -2.54. The Morgan fingerprint density at radius 2 is 2.00 bits per heavy atom. The molecule has 0 bridgehead atoms. The van der Waals surface area contributed by atoms with Crippen molar-refractivity contribution in [2.24, 2.45) is 39.5 Å². The molecule has 0 saturated heterocycles. The van der Waals surface area contributed by atoms with E-state index in [1.54, 1.807) is 0 Å². The van der Waals surface area contributed by atoms with Gasteiger partial charge in [0.15, 0.2) is 6.61 Å². The van der Waals surface area contributed by atoms with Gasteiger partial charge in [-0.15, -0.1) is 6.42 Å². The maximum Gasteiger partial charge on any atom is 0.328 e. The Labute approximate surface area is 231 Å². The number of fused-ring (bicyclic) bond motifs is 5. The van der Waals surface area contributed by atoms with Gasteiger partial charge in [-0.25, -0.2) is 4.79 Å². The van der Waals surface area contributed by atoms with Crippen molar-refractivity contribution in [3.8, 4) is 12.3 Å². The summed E-state index contributed by atoms with van der Waals surface area (Å²) in [6, 6.07) is -0.820. The molecule has 5 N–H and O–H groups in total. The molecule has 0 aromatic rings. The van der Waals surface area contributed by atoms with Gasteiger partial charge in [0.1, 0.15) is 11.6 Å². The first-order chi connectivity index (χ1) is 18.5. The van der Waals surface area contributed by atoms with Crippen LogP contribution in [0.1, 0.15) is 84.5 Å². The van der Waals surface area contributed by atoms with Crippen LogP contribution in [0.2, 0.25) is 0 Å². The fourth-order valence-electron chi connectivity index (χ4n) is 8.19. The molecule has 1 amide bonds. The zero-order chi connectivity index (χ0) is 28.4. The third-order valence-corrected chi connectivity index (χ3v) is 10.5. The number of rotatable bonds is 9. The van der Waals surface area contributed by atoms with Crippen molar-refractivity contribution in [1.82, 2.24) is 5.32 Å². The second-order valence-electron chi connectivity index (χ2n) is 12.4. The number of hydrogen-bond donors (Lipinski definition) is 4. The lowest BCUT2D eigenvalue weighted by Gasteiger charge is -2.58. The average Bonchev–Trinajstić information content (AvgIpc) is 3.18. The molecule has 0 radical (unpaired) electrons. The number of oxime groups is 1. The van der Waals surface area contributed by atoms with Gasteiger partial charge in [-0.3, -0.25) is 10.2 Å². The Kier molecular flexibility index (Phi) is 8.46. The van der Waals surface area contributed by atoms with E-state index in [1.807, 2.05) is 0 Å². The fraction of sp³-hybridized carbons (Fsp3) is 0.733. The number of hydrogen-bond acceptors (Lipinski definition) is 7. The van der Waals surface area contributed by atoms with Crippen LogP contribution in [0.4, 0.5) is 0 Å². The zero-order valence-corrected chi connectivity index (χ0v) is 23.6. The maximum atomic E-state index is 12.4. The molecule has 0 aromatic heterocycles. The van der Waals surface area contributed by atoms with E-state index in [0.717, 1.165) is 50.7 Å².